The van der Waals surface area contributed by atoms with Gasteiger partial charge in [-0.1, -0.05) is 39.0 Å². The molecule has 7 heteroatoms. The molecule has 0 saturated carbocycles. The van der Waals surface area contributed by atoms with Crippen molar-refractivity contribution in [2.24, 2.45) is 4.99 Å². The van der Waals surface area contributed by atoms with Crippen LogP contribution in [0.5, 0.6) is 5.75 Å². The minimum Gasteiger partial charge on any atom is -0.491 e. The molecule has 1 amide bonds. The average molecular weight is 502 g/mol. The van der Waals surface area contributed by atoms with Crippen LogP contribution >= 0.6 is 24.0 Å². The molecule has 158 valence electrons. The van der Waals surface area contributed by atoms with Crippen molar-refractivity contribution in [1.29, 1.82) is 0 Å². The maximum absolute atomic E-state index is 11.8. The Kier molecular flexibility index (Phi) is 11.3. The third kappa shape index (κ3) is 7.48. The van der Waals surface area contributed by atoms with Crippen LogP contribution in [0.4, 0.5) is 0 Å². The van der Waals surface area contributed by atoms with Crippen molar-refractivity contribution in [3.05, 3.63) is 29.8 Å². The topological polar surface area (TPSA) is 66.0 Å². The molecular formula is C21H35IN4O2. The highest BCUT2D eigenvalue weighted by Gasteiger charge is 2.25. The number of hydrogen-bond acceptors (Lipinski definition) is 3. The third-order valence-corrected chi connectivity index (χ3v) is 4.69. The van der Waals surface area contributed by atoms with Crippen LogP contribution in [-0.4, -0.2) is 55.6 Å². The van der Waals surface area contributed by atoms with E-state index in [9.17, 15) is 4.79 Å². The highest BCUT2D eigenvalue weighted by Crippen LogP contribution is 2.25. The van der Waals surface area contributed by atoms with E-state index in [-0.39, 0.29) is 35.9 Å². The van der Waals surface area contributed by atoms with E-state index in [0.29, 0.717) is 25.5 Å². The lowest BCUT2D eigenvalue weighted by molar-refractivity contribution is -0.129. The van der Waals surface area contributed by atoms with Crippen LogP contribution < -0.4 is 15.4 Å². The van der Waals surface area contributed by atoms with Crippen LogP contribution in [0.3, 0.4) is 0 Å². The number of guanidine groups is 1. The van der Waals surface area contributed by atoms with Crippen LogP contribution in [-0.2, 0) is 4.79 Å². The summed E-state index contributed by atoms with van der Waals surface area (Å²) in [4.78, 5) is 18.4. The van der Waals surface area contributed by atoms with E-state index in [0.717, 1.165) is 37.8 Å². The highest BCUT2D eigenvalue weighted by molar-refractivity contribution is 14.0. The number of para-hydroxylation sites is 1. The van der Waals surface area contributed by atoms with Crippen molar-refractivity contribution in [2.75, 3.05) is 32.8 Å². The fourth-order valence-electron chi connectivity index (χ4n) is 3.24. The summed E-state index contributed by atoms with van der Waals surface area (Å²) in [5.74, 6) is 2.37. The molecule has 0 spiro atoms. The Bertz CT molecular complexity index is 637. The third-order valence-electron chi connectivity index (χ3n) is 4.69. The van der Waals surface area contributed by atoms with Crippen molar-refractivity contribution >= 4 is 35.8 Å². The molecule has 1 aromatic rings. The van der Waals surface area contributed by atoms with Gasteiger partial charge in [-0.2, -0.15) is 0 Å². The molecule has 0 bridgehead atoms. The Labute approximate surface area is 186 Å². The number of rotatable bonds is 8. The zero-order valence-electron chi connectivity index (χ0n) is 17.5. The first-order chi connectivity index (χ1) is 13.0. The highest BCUT2D eigenvalue weighted by atomic mass is 127. The van der Waals surface area contributed by atoms with E-state index in [1.54, 1.807) is 0 Å². The molecule has 1 aliphatic heterocycles. The van der Waals surface area contributed by atoms with Crippen LogP contribution in [0.1, 0.15) is 52.0 Å². The zero-order chi connectivity index (χ0) is 19.6. The molecule has 0 aliphatic carbocycles. The van der Waals surface area contributed by atoms with E-state index in [4.69, 9.17) is 4.74 Å². The Hall–Kier alpha value is -1.51. The Morgan fingerprint density at radius 2 is 2.07 bits per heavy atom. The molecule has 1 saturated heterocycles. The fourth-order valence-corrected chi connectivity index (χ4v) is 3.24. The summed E-state index contributed by atoms with van der Waals surface area (Å²) in [5.41, 5.74) is 1.22. The normalized spacial score (nSPS) is 16.7. The van der Waals surface area contributed by atoms with E-state index in [1.165, 1.54) is 5.56 Å². The number of amides is 1. The molecule has 6 nitrogen and oxygen atoms in total. The second-order valence-electron chi connectivity index (χ2n) is 7.12. The van der Waals surface area contributed by atoms with Gasteiger partial charge in [-0.25, -0.2) is 4.99 Å². The quantitative estimate of drug-likeness (QED) is 0.248. The summed E-state index contributed by atoms with van der Waals surface area (Å²) in [7, 11) is 0. The minimum atomic E-state index is 0. The lowest BCUT2D eigenvalue weighted by Crippen LogP contribution is -2.45. The summed E-state index contributed by atoms with van der Waals surface area (Å²) >= 11 is 0. The summed E-state index contributed by atoms with van der Waals surface area (Å²) in [6.45, 7) is 11.8. The SMILES string of the molecule is CCNC(=NCCOc1ccccc1C(C)C)NC1CCN(C(=O)CC)C1.I. The second kappa shape index (κ2) is 12.9. The number of aliphatic imine (C=N–C) groups is 1. The van der Waals surface area contributed by atoms with Gasteiger partial charge in [0, 0.05) is 32.1 Å². The minimum absolute atomic E-state index is 0. The van der Waals surface area contributed by atoms with E-state index in [1.807, 2.05) is 36.9 Å². The molecule has 2 rings (SSSR count). The second-order valence-corrected chi connectivity index (χ2v) is 7.12. The summed E-state index contributed by atoms with van der Waals surface area (Å²) < 4.78 is 5.94. The van der Waals surface area contributed by atoms with Crippen LogP contribution in [0, 0.1) is 0 Å². The number of ether oxygens (including phenoxy) is 1. The van der Waals surface area contributed by atoms with Crippen LogP contribution in [0.25, 0.3) is 0 Å². The maximum Gasteiger partial charge on any atom is 0.222 e. The first kappa shape index (κ1) is 24.5. The van der Waals surface area contributed by atoms with Gasteiger partial charge in [-0.3, -0.25) is 4.79 Å². The molecule has 1 fully saturated rings. The first-order valence-corrected chi connectivity index (χ1v) is 10.1. The smallest absolute Gasteiger partial charge is 0.222 e. The van der Waals surface area contributed by atoms with E-state index in [2.05, 4.69) is 35.5 Å². The van der Waals surface area contributed by atoms with E-state index >= 15 is 0 Å². The maximum atomic E-state index is 11.8. The standard InChI is InChI=1S/C21H34N4O2.HI/c1-5-20(26)25-13-11-17(15-25)24-21(22-6-2)23-12-14-27-19-10-8-7-9-18(19)16(3)4;/h7-10,16-17H,5-6,11-15H2,1-4H3,(H2,22,23,24);1H. The molecule has 1 unspecified atom stereocenters. The molecule has 1 aliphatic rings. The molecule has 28 heavy (non-hydrogen) atoms. The summed E-state index contributed by atoms with van der Waals surface area (Å²) in [5, 5.41) is 6.72. The zero-order valence-corrected chi connectivity index (χ0v) is 19.9. The number of carbonyl (C=O) groups is 1. The molecule has 1 aromatic carbocycles. The number of nitrogens with zero attached hydrogens (tertiary/aromatic N) is 2. The number of carbonyl (C=O) groups excluding carboxylic acids is 1. The van der Waals surface area contributed by atoms with Gasteiger partial charge in [0.05, 0.1) is 6.54 Å². The molecule has 0 radical (unpaired) electrons. The van der Waals surface area contributed by atoms with E-state index < -0.39 is 0 Å². The first-order valence-electron chi connectivity index (χ1n) is 10.1. The molecular weight excluding hydrogens is 467 g/mol. The fraction of sp³-hybridized carbons (Fsp3) is 0.619. The number of benzene rings is 1. The summed E-state index contributed by atoms with van der Waals surface area (Å²) in [6, 6.07) is 8.42. The van der Waals surface area contributed by atoms with Gasteiger partial charge < -0.3 is 20.3 Å². The lowest BCUT2D eigenvalue weighted by Gasteiger charge is -2.19. The number of halogens is 1. The van der Waals surface area contributed by atoms with Crippen molar-refractivity contribution in [1.82, 2.24) is 15.5 Å². The van der Waals surface area contributed by atoms with Crippen molar-refractivity contribution < 1.29 is 9.53 Å². The van der Waals surface area contributed by atoms with Crippen molar-refractivity contribution in [3.63, 3.8) is 0 Å². The Morgan fingerprint density at radius 3 is 2.75 bits per heavy atom. The Balaban J connectivity index is 0.00000392. The number of likely N-dealkylation sites (tertiary alicyclic amines) is 1. The molecule has 1 atom stereocenters. The van der Waals surface area contributed by atoms with Gasteiger partial charge >= 0.3 is 0 Å². The average Bonchev–Trinajstić information content (AvgIpc) is 3.13. The monoisotopic (exact) mass is 502 g/mol. The van der Waals surface area contributed by atoms with Gasteiger partial charge in [0.15, 0.2) is 5.96 Å². The predicted molar refractivity (Wildman–Crippen MR) is 126 cm³/mol. The molecule has 1 heterocycles. The van der Waals surface area contributed by atoms with Crippen LogP contribution in [0.15, 0.2) is 29.3 Å². The molecule has 0 aromatic heterocycles. The van der Waals surface area contributed by atoms with Gasteiger partial charge in [0.1, 0.15) is 12.4 Å². The van der Waals surface area contributed by atoms with Gasteiger partial charge in [0.25, 0.3) is 0 Å². The van der Waals surface area contributed by atoms with Gasteiger partial charge in [-0.15, -0.1) is 24.0 Å². The van der Waals surface area contributed by atoms with Crippen molar-refractivity contribution in [3.8, 4) is 5.75 Å². The van der Waals surface area contributed by atoms with Crippen LogP contribution in [0.2, 0.25) is 0 Å². The molecule has 2 N–H and O–H groups in total. The largest absolute Gasteiger partial charge is 0.491 e. The lowest BCUT2D eigenvalue weighted by atomic mass is 10.0. The van der Waals surface area contributed by atoms with Crippen molar-refractivity contribution in [2.45, 2.75) is 52.5 Å². The number of nitrogens with one attached hydrogen (secondary N) is 2. The Morgan fingerprint density at radius 1 is 1.32 bits per heavy atom. The van der Waals surface area contributed by atoms with Gasteiger partial charge in [-0.05, 0) is 30.9 Å². The number of hydrogen-bond donors (Lipinski definition) is 2. The summed E-state index contributed by atoms with van der Waals surface area (Å²) in [6.07, 6.45) is 1.52. The van der Waals surface area contributed by atoms with Gasteiger partial charge in [0.2, 0.25) is 5.91 Å². The predicted octanol–water partition coefficient (Wildman–Crippen LogP) is 3.37.